The third kappa shape index (κ3) is 1.58. The fourth-order valence-corrected chi connectivity index (χ4v) is 2.52. The maximum absolute atomic E-state index is 4.72. The molecule has 4 heteroatoms. The maximum atomic E-state index is 4.72. The summed E-state index contributed by atoms with van der Waals surface area (Å²) < 4.78 is 0. The maximum Gasteiger partial charge on any atom is 0.139 e. The highest BCUT2D eigenvalue weighted by atomic mass is 14.9. The molecule has 0 fully saturated rings. The highest BCUT2D eigenvalue weighted by Crippen LogP contribution is 2.27. The van der Waals surface area contributed by atoms with Crippen LogP contribution in [0.3, 0.4) is 0 Å². The van der Waals surface area contributed by atoms with Gasteiger partial charge in [0.05, 0.1) is 11.2 Å². The van der Waals surface area contributed by atoms with Crippen molar-refractivity contribution >= 4 is 21.9 Å². The van der Waals surface area contributed by atoms with Crippen molar-refractivity contribution in [3.63, 3.8) is 0 Å². The van der Waals surface area contributed by atoms with E-state index in [1.54, 1.807) is 12.4 Å². The van der Waals surface area contributed by atoms with Crippen molar-refractivity contribution in [3.05, 3.63) is 54.6 Å². The second kappa shape index (κ2) is 4.13. The van der Waals surface area contributed by atoms with Crippen molar-refractivity contribution in [2.45, 2.75) is 6.92 Å². The van der Waals surface area contributed by atoms with Gasteiger partial charge < -0.3 is 4.98 Å². The molecule has 0 aliphatic rings. The third-order valence-corrected chi connectivity index (χ3v) is 3.54. The zero-order chi connectivity index (χ0) is 13.5. The number of hydrogen-bond donors (Lipinski definition) is 1. The van der Waals surface area contributed by atoms with Crippen LogP contribution in [-0.4, -0.2) is 19.9 Å². The number of H-pyrrole nitrogens is 1. The van der Waals surface area contributed by atoms with Crippen LogP contribution in [0.2, 0.25) is 0 Å². The van der Waals surface area contributed by atoms with Crippen molar-refractivity contribution in [2.24, 2.45) is 0 Å². The van der Waals surface area contributed by atoms with Gasteiger partial charge in [0.15, 0.2) is 0 Å². The Kier molecular flexibility index (Phi) is 2.29. The lowest BCUT2D eigenvalue weighted by molar-refractivity contribution is 1.19. The Morgan fingerprint density at radius 2 is 1.95 bits per heavy atom. The van der Waals surface area contributed by atoms with Crippen LogP contribution in [-0.2, 0) is 0 Å². The summed E-state index contributed by atoms with van der Waals surface area (Å²) in [5.41, 5.74) is 4.92. The molecule has 0 aromatic carbocycles. The predicted molar refractivity (Wildman–Crippen MR) is 79.4 cm³/mol. The molecular formula is C16H12N4. The molecule has 4 rings (SSSR count). The van der Waals surface area contributed by atoms with Crippen molar-refractivity contribution < 1.29 is 0 Å². The average Bonchev–Trinajstić information content (AvgIpc) is 2.85. The average molecular weight is 260 g/mol. The molecule has 4 aromatic rings. The highest BCUT2D eigenvalue weighted by Gasteiger charge is 2.08. The molecule has 0 amide bonds. The monoisotopic (exact) mass is 260 g/mol. The van der Waals surface area contributed by atoms with Gasteiger partial charge in [-0.2, -0.15) is 0 Å². The van der Waals surface area contributed by atoms with Crippen molar-refractivity contribution in [2.75, 3.05) is 0 Å². The van der Waals surface area contributed by atoms with Crippen LogP contribution in [0.25, 0.3) is 33.2 Å². The molecular weight excluding hydrogens is 248 g/mol. The first kappa shape index (κ1) is 11.1. The van der Waals surface area contributed by atoms with Gasteiger partial charge in [-0.05, 0) is 37.3 Å². The van der Waals surface area contributed by atoms with Gasteiger partial charge in [-0.25, -0.2) is 4.98 Å². The zero-order valence-corrected chi connectivity index (χ0v) is 11.0. The van der Waals surface area contributed by atoms with Gasteiger partial charge in [0.2, 0.25) is 0 Å². The Morgan fingerprint density at radius 3 is 2.85 bits per heavy atom. The standard InChI is InChI=1S/C16H12N4/c1-10-11(3-2-7-18-10)14-5-4-12-13-9-17-8-6-15(13)20-16(12)19-14/h2-9H,1H3,(H,19,20). The molecule has 0 atom stereocenters. The molecule has 0 unspecified atom stereocenters. The Balaban J connectivity index is 2.00. The van der Waals surface area contributed by atoms with Crippen molar-refractivity contribution in [3.8, 4) is 11.3 Å². The number of aryl methyl sites for hydroxylation is 1. The number of rotatable bonds is 1. The molecule has 0 bridgehead atoms. The second-order valence-corrected chi connectivity index (χ2v) is 4.78. The number of aromatic nitrogens is 4. The van der Waals surface area contributed by atoms with E-state index in [4.69, 9.17) is 4.98 Å². The minimum atomic E-state index is 0.883. The number of nitrogens with one attached hydrogen (secondary N) is 1. The van der Waals surface area contributed by atoms with Gasteiger partial charge in [0.25, 0.3) is 0 Å². The van der Waals surface area contributed by atoms with Gasteiger partial charge in [-0.3, -0.25) is 9.97 Å². The molecule has 1 N–H and O–H groups in total. The third-order valence-electron chi connectivity index (χ3n) is 3.54. The predicted octanol–water partition coefficient (Wildman–Crippen LogP) is 3.48. The summed E-state index contributed by atoms with van der Waals surface area (Å²) in [6, 6.07) is 10.1. The summed E-state index contributed by atoms with van der Waals surface area (Å²) in [5, 5.41) is 2.20. The minimum absolute atomic E-state index is 0.883. The second-order valence-electron chi connectivity index (χ2n) is 4.78. The first-order chi connectivity index (χ1) is 9.83. The summed E-state index contributed by atoms with van der Waals surface area (Å²) in [6.45, 7) is 2.00. The Hall–Kier alpha value is -2.75. The fraction of sp³-hybridized carbons (Fsp3) is 0.0625. The van der Waals surface area contributed by atoms with Crippen LogP contribution in [0, 0.1) is 6.92 Å². The quantitative estimate of drug-likeness (QED) is 0.570. The smallest absolute Gasteiger partial charge is 0.139 e. The van der Waals surface area contributed by atoms with E-state index in [2.05, 4.69) is 21.0 Å². The van der Waals surface area contributed by atoms with Crippen LogP contribution in [0.5, 0.6) is 0 Å². The van der Waals surface area contributed by atoms with E-state index >= 15 is 0 Å². The van der Waals surface area contributed by atoms with Gasteiger partial charge in [-0.1, -0.05) is 0 Å². The van der Waals surface area contributed by atoms with E-state index in [1.807, 2.05) is 37.4 Å². The van der Waals surface area contributed by atoms with Gasteiger partial charge in [-0.15, -0.1) is 0 Å². The van der Waals surface area contributed by atoms with E-state index < -0.39 is 0 Å². The SMILES string of the molecule is Cc1ncccc1-c1ccc2c(n1)[nH]c1ccncc12. The lowest BCUT2D eigenvalue weighted by Gasteiger charge is -2.03. The van der Waals surface area contributed by atoms with Crippen LogP contribution < -0.4 is 0 Å². The van der Waals surface area contributed by atoms with Crippen LogP contribution in [0.4, 0.5) is 0 Å². The van der Waals surface area contributed by atoms with Gasteiger partial charge >= 0.3 is 0 Å². The van der Waals surface area contributed by atoms with Crippen LogP contribution >= 0.6 is 0 Å². The number of hydrogen-bond acceptors (Lipinski definition) is 3. The Morgan fingerprint density at radius 1 is 1.00 bits per heavy atom. The van der Waals surface area contributed by atoms with Gasteiger partial charge in [0, 0.05) is 40.6 Å². The summed E-state index contributed by atoms with van der Waals surface area (Å²) in [7, 11) is 0. The van der Waals surface area contributed by atoms with E-state index in [9.17, 15) is 0 Å². The molecule has 0 aliphatic heterocycles. The molecule has 0 spiro atoms. The lowest BCUT2D eigenvalue weighted by atomic mass is 10.1. The van der Waals surface area contributed by atoms with E-state index in [-0.39, 0.29) is 0 Å². The molecule has 0 radical (unpaired) electrons. The molecule has 0 aliphatic carbocycles. The number of pyridine rings is 3. The minimum Gasteiger partial charge on any atom is -0.339 e. The lowest BCUT2D eigenvalue weighted by Crippen LogP contribution is -1.89. The molecule has 4 aromatic heterocycles. The Labute approximate surface area is 115 Å². The summed E-state index contributed by atoms with van der Waals surface area (Å²) >= 11 is 0. The largest absolute Gasteiger partial charge is 0.339 e. The summed E-state index contributed by atoms with van der Waals surface area (Å²) in [5.74, 6) is 0. The van der Waals surface area contributed by atoms with E-state index in [0.29, 0.717) is 0 Å². The molecule has 0 saturated heterocycles. The number of nitrogens with zero attached hydrogens (tertiary/aromatic N) is 3. The fourth-order valence-electron chi connectivity index (χ4n) is 2.52. The van der Waals surface area contributed by atoms with Crippen LogP contribution in [0.15, 0.2) is 48.9 Å². The summed E-state index contributed by atoms with van der Waals surface area (Å²) in [4.78, 5) is 16.5. The topological polar surface area (TPSA) is 54.5 Å². The molecule has 4 heterocycles. The zero-order valence-electron chi connectivity index (χ0n) is 11.0. The molecule has 20 heavy (non-hydrogen) atoms. The number of aromatic amines is 1. The van der Waals surface area contributed by atoms with Crippen molar-refractivity contribution in [1.82, 2.24) is 19.9 Å². The van der Waals surface area contributed by atoms with E-state index in [0.717, 1.165) is 38.9 Å². The Bertz CT molecular complexity index is 924. The van der Waals surface area contributed by atoms with Crippen molar-refractivity contribution in [1.29, 1.82) is 0 Å². The summed E-state index contributed by atoms with van der Waals surface area (Å²) in [6.07, 6.45) is 5.45. The number of fused-ring (bicyclic) bond motifs is 3. The highest BCUT2D eigenvalue weighted by molar-refractivity contribution is 6.05. The first-order valence-corrected chi connectivity index (χ1v) is 6.47. The molecule has 0 saturated carbocycles. The normalized spacial score (nSPS) is 11.2. The first-order valence-electron chi connectivity index (χ1n) is 6.47. The molecule has 4 nitrogen and oxygen atoms in total. The van der Waals surface area contributed by atoms with Gasteiger partial charge in [0.1, 0.15) is 5.65 Å². The molecule has 96 valence electrons. The van der Waals surface area contributed by atoms with E-state index in [1.165, 1.54) is 0 Å². The van der Waals surface area contributed by atoms with Crippen LogP contribution in [0.1, 0.15) is 5.69 Å².